The lowest BCUT2D eigenvalue weighted by molar-refractivity contribution is -0.127. The molecule has 1 atom stereocenters. The average molecular weight is 330 g/mol. The maximum Gasteiger partial charge on any atom is 0.239 e. The Hall–Kier alpha value is -2.74. The number of hydrogen-bond donors (Lipinski definition) is 3. The molecule has 1 heterocycles. The molecule has 8 heteroatoms. The number of amides is 2. The summed E-state index contributed by atoms with van der Waals surface area (Å²) < 4.78 is 1.79. The number of aromatic nitrogens is 3. The summed E-state index contributed by atoms with van der Waals surface area (Å²) in [5, 5.41) is 13.1. The summed E-state index contributed by atoms with van der Waals surface area (Å²) in [5.41, 5.74) is 6.62. The molecule has 2 amide bonds. The fraction of sp³-hybridized carbons (Fsp3) is 0.375. The molecule has 4 N–H and O–H groups in total. The van der Waals surface area contributed by atoms with Gasteiger partial charge in [0.05, 0.1) is 19.1 Å². The van der Waals surface area contributed by atoms with E-state index in [9.17, 15) is 9.59 Å². The molecule has 0 aliphatic carbocycles. The van der Waals surface area contributed by atoms with Gasteiger partial charge in [-0.25, -0.2) is 0 Å². The van der Waals surface area contributed by atoms with E-state index in [-0.39, 0.29) is 30.8 Å². The third-order valence-electron chi connectivity index (χ3n) is 3.54. The van der Waals surface area contributed by atoms with Crippen LogP contribution in [-0.4, -0.2) is 39.2 Å². The van der Waals surface area contributed by atoms with Gasteiger partial charge in [-0.15, -0.1) is 10.2 Å². The topological polar surface area (TPSA) is 115 Å². The van der Waals surface area contributed by atoms with Crippen LogP contribution in [0, 0.1) is 5.92 Å². The normalized spacial score (nSPS) is 12.0. The van der Waals surface area contributed by atoms with Gasteiger partial charge in [-0.2, -0.15) is 0 Å². The van der Waals surface area contributed by atoms with Crippen LogP contribution < -0.4 is 16.4 Å². The minimum atomic E-state index is -0.626. The van der Waals surface area contributed by atoms with Crippen molar-refractivity contribution in [1.29, 1.82) is 0 Å². The van der Waals surface area contributed by atoms with Gasteiger partial charge < -0.3 is 16.4 Å². The number of carbonyl (C=O) groups excluding carboxylic acids is 2. The zero-order valence-electron chi connectivity index (χ0n) is 13.8. The van der Waals surface area contributed by atoms with Gasteiger partial charge in [-0.1, -0.05) is 32.0 Å². The van der Waals surface area contributed by atoms with E-state index in [1.165, 1.54) is 0 Å². The third-order valence-corrected chi connectivity index (χ3v) is 3.54. The molecule has 0 aliphatic heterocycles. The molecule has 0 saturated carbocycles. The smallest absolute Gasteiger partial charge is 0.239 e. The first-order chi connectivity index (χ1) is 11.5. The van der Waals surface area contributed by atoms with Crippen molar-refractivity contribution in [3.05, 3.63) is 42.5 Å². The van der Waals surface area contributed by atoms with Crippen LogP contribution in [-0.2, 0) is 16.1 Å². The maximum atomic E-state index is 11.9. The zero-order chi connectivity index (χ0) is 17.5. The summed E-state index contributed by atoms with van der Waals surface area (Å²) in [6.07, 6.45) is 1.58. The summed E-state index contributed by atoms with van der Waals surface area (Å²) in [6, 6.07) is 8.94. The van der Waals surface area contributed by atoms with Gasteiger partial charge in [0.25, 0.3) is 0 Å². The fourth-order valence-corrected chi connectivity index (χ4v) is 2.01. The first-order valence-corrected chi connectivity index (χ1v) is 7.73. The molecule has 128 valence electrons. The van der Waals surface area contributed by atoms with Crippen molar-refractivity contribution >= 4 is 11.8 Å². The van der Waals surface area contributed by atoms with Gasteiger partial charge in [0.2, 0.25) is 11.8 Å². The van der Waals surface area contributed by atoms with E-state index in [4.69, 9.17) is 5.73 Å². The van der Waals surface area contributed by atoms with Crippen LogP contribution in [0.15, 0.2) is 36.7 Å². The second kappa shape index (κ2) is 8.21. The van der Waals surface area contributed by atoms with Crippen LogP contribution in [0.1, 0.15) is 19.7 Å². The van der Waals surface area contributed by atoms with Crippen LogP contribution in [0.4, 0.5) is 0 Å². The van der Waals surface area contributed by atoms with Crippen molar-refractivity contribution in [2.75, 3.05) is 6.54 Å². The van der Waals surface area contributed by atoms with Gasteiger partial charge in [-0.3, -0.25) is 14.2 Å². The Bertz CT molecular complexity index is 683. The molecule has 8 nitrogen and oxygen atoms in total. The van der Waals surface area contributed by atoms with Gasteiger partial charge in [0.1, 0.15) is 6.33 Å². The van der Waals surface area contributed by atoms with Crippen molar-refractivity contribution in [2.45, 2.75) is 26.4 Å². The number of carbonyl (C=O) groups is 2. The molecule has 24 heavy (non-hydrogen) atoms. The molecule has 0 spiro atoms. The molecule has 1 aromatic heterocycles. The van der Waals surface area contributed by atoms with E-state index in [1.807, 2.05) is 44.2 Å². The zero-order valence-corrected chi connectivity index (χ0v) is 13.8. The molecule has 2 aromatic rings. The molecule has 0 fully saturated rings. The highest BCUT2D eigenvalue weighted by Crippen LogP contribution is 2.08. The molecule has 0 aliphatic rings. The largest absolute Gasteiger partial charge is 0.347 e. The number of nitrogens with two attached hydrogens (primary N) is 1. The van der Waals surface area contributed by atoms with E-state index >= 15 is 0 Å². The monoisotopic (exact) mass is 330 g/mol. The van der Waals surface area contributed by atoms with E-state index in [0.717, 1.165) is 5.69 Å². The number of benzene rings is 1. The Kier molecular flexibility index (Phi) is 6.02. The third kappa shape index (κ3) is 4.63. The highest BCUT2D eigenvalue weighted by molar-refractivity contribution is 5.87. The summed E-state index contributed by atoms with van der Waals surface area (Å²) in [6.45, 7) is 3.78. The van der Waals surface area contributed by atoms with E-state index in [1.54, 1.807) is 10.9 Å². The number of nitrogens with zero attached hydrogens (tertiary/aromatic N) is 3. The van der Waals surface area contributed by atoms with Crippen LogP contribution in [0.2, 0.25) is 0 Å². The predicted octanol–water partition coefficient (Wildman–Crippen LogP) is -0.0170. The summed E-state index contributed by atoms with van der Waals surface area (Å²) in [5.74, 6) is -0.0493. The van der Waals surface area contributed by atoms with Gasteiger partial charge in [0, 0.05) is 5.69 Å². The maximum absolute atomic E-state index is 11.9. The number of nitrogens with one attached hydrogen (secondary N) is 2. The van der Waals surface area contributed by atoms with Gasteiger partial charge >= 0.3 is 0 Å². The minimum Gasteiger partial charge on any atom is -0.347 e. The van der Waals surface area contributed by atoms with Crippen LogP contribution in [0.3, 0.4) is 0 Å². The number of rotatable bonds is 7. The predicted molar refractivity (Wildman–Crippen MR) is 89.0 cm³/mol. The van der Waals surface area contributed by atoms with Crippen molar-refractivity contribution in [3.63, 3.8) is 0 Å². The Morgan fingerprint density at radius 1 is 1.21 bits per heavy atom. The van der Waals surface area contributed by atoms with Crippen LogP contribution >= 0.6 is 0 Å². The Labute approximate surface area is 140 Å². The van der Waals surface area contributed by atoms with Crippen LogP contribution in [0.5, 0.6) is 0 Å². The number of hydrogen-bond acceptors (Lipinski definition) is 5. The quantitative estimate of drug-likeness (QED) is 0.660. The lowest BCUT2D eigenvalue weighted by Gasteiger charge is -2.15. The second-order valence-corrected chi connectivity index (χ2v) is 5.72. The van der Waals surface area contributed by atoms with E-state index in [0.29, 0.717) is 5.82 Å². The molecule has 2 rings (SSSR count). The Morgan fingerprint density at radius 3 is 2.58 bits per heavy atom. The fourth-order valence-electron chi connectivity index (χ4n) is 2.01. The first-order valence-electron chi connectivity index (χ1n) is 7.73. The van der Waals surface area contributed by atoms with E-state index < -0.39 is 6.04 Å². The Balaban J connectivity index is 1.85. The number of para-hydroxylation sites is 1. The second-order valence-electron chi connectivity index (χ2n) is 5.72. The molecular formula is C16H22N6O2. The highest BCUT2D eigenvalue weighted by Gasteiger charge is 2.17. The highest BCUT2D eigenvalue weighted by atomic mass is 16.2. The summed E-state index contributed by atoms with van der Waals surface area (Å²) >= 11 is 0. The average Bonchev–Trinajstić information content (AvgIpc) is 3.06. The van der Waals surface area contributed by atoms with Crippen molar-refractivity contribution in [3.8, 4) is 5.69 Å². The van der Waals surface area contributed by atoms with Crippen molar-refractivity contribution in [1.82, 2.24) is 25.4 Å². The molecule has 0 radical (unpaired) electrons. The SMILES string of the molecule is CC(C)[C@H](N)C(=O)NCC(=O)NCc1nncn1-c1ccccc1. The minimum absolute atomic E-state index is 0.0116. The molecule has 0 saturated heterocycles. The summed E-state index contributed by atoms with van der Waals surface area (Å²) in [4.78, 5) is 23.6. The summed E-state index contributed by atoms with van der Waals surface area (Å²) in [7, 11) is 0. The standard InChI is InChI=1S/C16H22N6O2/c1-11(2)15(17)16(24)19-9-14(23)18-8-13-21-20-10-22(13)12-6-4-3-5-7-12/h3-7,10-11,15H,8-9,17H2,1-2H3,(H,18,23)(H,19,24)/t15-/m0/s1. The Morgan fingerprint density at radius 2 is 1.92 bits per heavy atom. The molecular weight excluding hydrogens is 308 g/mol. The van der Waals surface area contributed by atoms with Gasteiger partial charge in [-0.05, 0) is 18.1 Å². The van der Waals surface area contributed by atoms with Crippen molar-refractivity contribution in [2.24, 2.45) is 11.7 Å². The van der Waals surface area contributed by atoms with Crippen molar-refractivity contribution < 1.29 is 9.59 Å². The van der Waals surface area contributed by atoms with Crippen LogP contribution in [0.25, 0.3) is 5.69 Å². The lowest BCUT2D eigenvalue weighted by Crippen LogP contribution is -2.47. The molecule has 0 bridgehead atoms. The lowest BCUT2D eigenvalue weighted by atomic mass is 10.1. The first kappa shape index (κ1) is 17.6. The van der Waals surface area contributed by atoms with E-state index in [2.05, 4.69) is 20.8 Å². The molecule has 0 unspecified atom stereocenters. The molecule has 1 aromatic carbocycles. The van der Waals surface area contributed by atoms with Gasteiger partial charge in [0.15, 0.2) is 5.82 Å².